The molecule has 1 saturated carbocycles. The zero-order valence-corrected chi connectivity index (χ0v) is 22.4. The van der Waals surface area contributed by atoms with Crippen LogP contribution in [-0.2, 0) is 4.43 Å². The van der Waals surface area contributed by atoms with Gasteiger partial charge < -0.3 is 14.8 Å². The second-order valence-electron chi connectivity index (χ2n) is 10.5. The van der Waals surface area contributed by atoms with Gasteiger partial charge in [0.05, 0.1) is 18.2 Å². The van der Waals surface area contributed by atoms with Gasteiger partial charge in [0.15, 0.2) is 8.32 Å². The monoisotopic (exact) mass is 493 g/mol. The van der Waals surface area contributed by atoms with Gasteiger partial charge in [-0.25, -0.2) is 0 Å². The van der Waals surface area contributed by atoms with Crippen LogP contribution >= 0.6 is 23.2 Å². The van der Waals surface area contributed by atoms with Crippen molar-refractivity contribution in [1.82, 2.24) is 5.32 Å². The Kier molecular flexibility index (Phi) is 8.51. The Bertz CT molecular complexity index is 882. The van der Waals surface area contributed by atoms with E-state index in [0.29, 0.717) is 10.0 Å². The molecule has 1 aliphatic carbocycles. The molecule has 0 bridgehead atoms. The van der Waals surface area contributed by atoms with Gasteiger partial charge in [-0.15, -0.1) is 0 Å². The summed E-state index contributed by atoms with van der Waals surface area (Å²) >= 11 is 12.6. The molecule has 0 aromatic heterocycles. The molecule has 2 aromatic rings. The zero-order valence-electron chi connectivity index (χ0n) is 19.9. The van der Waals surface area contributed by atoms with E-state index in [2.05, 4.69) is 57.4 Å². The van der Waals surface area contributed by atoms with Crippen LogP contribution in [0, 0.1) is 0 Å². The molecule has 6 heteroatoms. The van der Waals surface area contributed by atoms with Crippen molar-refractivity contribution in [2.75, 3.05) is 0 Å². The number of hydrogen-bond acceptors (Lipinski definition) is 3. The SMILES string of the molecule is CC(C)(C)[Si](C)(C)O[C@H](c1cccc(Cl)c1)[C@H](N[C@H]1CCCC[C@@H]1O)c1ccc(Cl)cc1. The van der Waals surface area contributed by atoms with Crippen molar-refractivity contribution in [3.05, 3.63) is 69.7 Å². The molecule has 3 rings (SSSR count). The molecule has 0 radical (unpaired) electrons. The molecule has 0 aliphatic heterocycles. The standard InChI is InChI=1S/C26H37Cl2NO2Si/c1-26(2,3)32(4,5)31-25(19-9-8-10-21(28)17-19)24(18-13-15-20(27)16-14-18)29-22-11-6-7-12-23(22)30/h8-10,13-17,22-25,29-30H,6-7,11-12H2,1-5H3/t22-,23-,24+,25+/m0/s1. The van der Waals surface area contributed by atoms with Crippen molar-refractivity contribution in [3.63, 3.8) is 0 Å². The summed E-state index contributed by atoms with van der Waals surface area (Å²) in [6.07, 6.45) is 3.37. The van der Waals surface area contributed by atoms with E-state index in [1.165, 1.54) is 0 Å². The maximum absolute atomic E-state index is 10.7. The highest BCUT2D eigenvalue weighted by Gasteiger charge is 2.42. The summed E-state index contributed by atoms with van der Waals surface area (Å²) in [6, 6.07) is 15.8. The van der Waals surface area contributed by atoms with E-state index in [1.807, 2.05) is 30.3 Å². The van der Waals surface area contributed by atoms with Gasteiger partial charge in [0.25, 0.3) is 0 Å². The average molecular weight is 495 g/mol. The van der Waals surface area contributed by atoms with Crippen LogP contribution in [0.2, 0.25) is 28.2 Å². The van der Waals surface area contributed by atoms with Crippen molar-refractivity contribution in [2.24, 2.45) is 0 Å². The summed E-state index contributed by atoms with van der Waals surface area (Å²) in [5, 5.41) is 16.0. The third-order valence-corrected chi connectivity index (χ3v) is 12.0. The van der Waals surface area contributed by atoms with Crippen LogP contribution in [-0.4, -0.2) is 25.6 Å². The number of halogens is 2. The topological polar surface area (TPSA) is 41.5 Å². The highest BCUT2D eigenvalue weighted by molar-refractivity contribution is 6.74. The van der Waals surface area contributed by atoms with Crippen molar-refractivity contribution in [1.29, 1.82) is 0 Å². The van der Waals surface area contributed by atoms with Crippen LogP contribution < -0.4 is 5.32 Å². The Morgan fingerprint density at radius 1 is 0.969 bits per heavy atom. The number of benzene rings is 2. The van der Waals surface area contributed by atoms with Crippen LogP contribution in [0.4, 0.5) is 0 Å². The maximum atomic E-state index is 10.7. The molecule has 1 fully saturated rings. The Balaban J connectivity index is 2.07. The van der Waals surface area contributed by atoms with Crippen molar-refractivity contribution < 1.29 is 9.53 Å². The number of rotatable bonds is 7. The zero-order chi connectivity index (χ0) is 23.5. The maximum Gasteiger partial charge on any atom is 0.193 e. The predicted octanol–water partition coefficient (Wildman–Crippen LogP) is 7.69. The summed E-state index contributed by atoms with van der Waals surface area (Å²) in [6.45, 7) is 11.3. The van der Waals surface area contributed by atoms with E-state index >= 15 is 0 Å². The second kappa shape index (κ2) is 10.6. The minimum Gasteiger partial charge on any atom is -0.408 e. The van der Waals surface area contributed by atoms with Gasteiger partial charge in [-0.2, -0.15) is 0 Å². The quantitative estimate of drug-likeness (QED) is 0.388. The van der Waals surface area contributed by atoms with Gasteiger partial charge in [-0.05, 0) is 66.4 Å². The number of nitrogens with one attached hydrogen (secondary N) is 1. The smallest absolute Gasteiger partial charge is 0.193 e. The Morgan fingerprint density at radius 3 is 2.22 bits per heavy atom. The summed E-state index contributed by atoms with van der Waals surface area (Å²) in [7, 11) is -2.13. The Hall–Kier alpha value is -0.883. The van der Waals surface area contributed by atoms with E-state index in [4.69, 9.17) is 27.6 Å². The summed E-state index contributed by atoms with van der Waals surface area (Å²) in [4.78, 5) is 0. The Labute approximate surface area is 204 Å². The van der Waals surface area contributed by atoms with Crippen LogP contribution in [0.25, 0.3) is 0 Å². The normalized spacial score (nSPS) is 21.9. The lowest BCUT2D eigenvalue weighted by molar-refractivity contribution is 0.0622. The molecule has 176 valence electrons. The fourth-order valence-corrected chi connectivity index (χ4v) is 5.66. The van der Waals surface area contributed by atoms with Gasteiger partial charge >= 0.3 is 0 Å². The molecule has 4 atom stereocenters. The fourth-order valence-electron chi connectivity index (χ4n) is 4.07. The van der Waals surface area contributed by atoms with Gasteiger partial charge in [0.2, 0.25) is 0 Å². The summed E-state index contributed by atoms with van der Waals surface area (Å²) < 4.78 is 7.07. The number of hydrogen-bond donors (Lipinski definition) is 2. The average Bonchev–Trinajstić information content (AvgIpc) is 2.72. The summed E-state index contributed by atoms with van der Waals surface area (Å²) in [5.41, 5.74) is 2.14. The van der Waals surface area contributed by atoms with Crippen molar-refractivity contribution in [3.8, 4) is 0 Å². The van der Waals surface area contributed by atoms with Crippen LogP contribution in [0.1, 0.15) is 69.7 Å². The van der Waals surface area contributed by atoms with E-state index < -0.39 is 8.32 Å². The van der Waals surface area contributed by atoms with Crippen LogP contribution in [0.3, 0.4) is 0 Å². The van der Waals surface area contributed by atoms with Crippen molar-refractivity contribution in [2.45, 2.75) is 88.9 Å². The lowest BCUT2D eigenvalue weighted by Crippen LogP contribution is -2.48. The molecule has 0 unspecified atom stereocenters. The minimum absolute atomic E-state index is 0.0223. The molecular formula is C26H37Cl2NO2Si. The van der Waals surface area contributed by atoms with Gasteiger partial charge in [-0.3, -0.25) is 0 Å². The molecule has 32 heavy (non-hydrogen) atoms. The minimum atomic E-state index is -2.13. The third kappa shape index (κ3) is 6.37. The number of aliphatic hydroxyl groups is 1. The first kappa shape index (κ1) is 25.7. The predicted molar refractivity (Wildman–Crippen MR) is 138 cm³/mol. The lowest BCUT2D eigenvalue weighted by atomic mass is 9.89. The van der Waals surface area contributed by atoms with Crippen molar-refractivity contribution >= 4 is 31.5 Å². The molecular weight excluding hydrogens is 457 g/mol. The van der Waals surface area contributed by atoms with E-state index in [-0.39, 0.29) is 29.3 Å². The molecule has 2 aromatic carbocycles. The van der Waals surface area contributed by atoms with Crippen LogP contribution in [0.5, 0.6) is 0 Å². The third-order valence-electron chi connectivity index (χ3n) is 7.06. The molecule has 0 spiro atoms. The molecule has 3 nitrogen and oxygen atoms in total. The largest absolute Gasteiger partial charge is 0.408 e. The molecule has 2 N–H and O–H groups in total. The molecule has 0 saturated heterocycles. The van der Waals surface area contributed by atoms with Crippen LogP contribution in [0.15, 0.2) is 48.5 Å². The highest BCUT2D eigenvalue weighted by Crippen LogP contribution is 2.44. The number of aliphatic hydroxyl groups excluding tert-OH is 1. The first-order valence-corrected chi connectivity index (χ1v) is 15.3. The second-order valence-corrected chi connectivity index (χ2v) is 16.1. The molecule has 0 amide bonds. The Morgan fingerprint density at radius 2 is 1.62 bits per heavy atom. The fraction of sp³-hybridized carbons (Fsp3) is 0.538. The first-order valence-electron chi connectivity index (χ1n) is 11.6. The highest BCUT2D eigenvalue weighted by atomic mass is 35.5. The van der Waals surface area contributed by atoms with E-state index in [9.17, 15) is 5.11 Å². The van der Waals surface area contributed by atoms with Gasteiger partial charge in [0, 0.05) is 16.1 Å². The molecule has 1 aliphatic rings. The lowest BCUT2D eigenvalue weighted by Gasteiger charge is -2.43. The van der Waals surface area contributed by atoms with Gasteiger partial charge in [0.1, 0.15) is 0 Å². The summed E-state index contributed by atoms with van der Waals surface area (Å²) in [5.74, 6) is 0. The molecule has 0 heterocycles. The van der Waals surface area contributed by atoms with E-state index in [0.717, 1.165) is 36.8 Å². The van der Waals surface area contributed by atoms with E-state index in [1.54, 1.807) is 0 Å². The first-order chi connectivity index (χ1) is 15.0. The van der Waals surface area contributed by atoms with Gasteiger partial charge in [-0.1, -0.05) is 81.1 Å².